The fourth-order valence-corrected chi connectivity index (χ4v) is 1.91. The number of nitrogens with zero attached hydrogens (tertiary/aromatic N) is 2. The molecule has 0 unspecified atom stereocenters. The van der Waals surface area contributed by atoms with E-state index in [1.165, 1.54) is 6.20 Å². The van der Waals surface area contributed by atoms with Gasteiger partial charge in [0.2, 0.25) is 0 Å². The summed E-state index contributed by atoms with van der Waals surface area (Å²) in [6.45, 7) is 1.84. The molecular formula is C13H11BrN2O. The molecule has 4 heteroatoms. The van der Waals surface area contributed by atoms with Crippen LogP contribution in [0, 0.1) is 6.92 Å². The zero-order valence-corrected chi connectivity index (χ0v) is 10.9. The fraction of sp³-hybridized carbons (Fsp3) is 0.154. The molecule has 0 aliphatic rings. The van der Waals surface area contributed by atoms with Gasteiger partial charge in [0.25, 0.3) is 0 Å². The minimum Gasteiger partial charge on any atom is -0.292 e. The van der Waals surface area contributed by atoms with E-state index < -0.39 is 0 Å². The van der Waals surface area contributed by atoms with Crippen molar-refractivity contribution in [1.82, 2.24) is 9.97 Å². The largest absolute Gasteiger partial charge is 0.292 e. The first kappa shape index (κ1) is 11.9. The number of hydrogen-bond acceptors (Lipinski definition) is 3. The minimum atomic E-state index is -0.0180. The summed E-state index contributed by atoms with van der Waals surface area (Å²) in [5, 5.41) is 0. The first-order chi connectivity index (χ1) is 8.15. The molecule has 0 N–H and O–H groups in total. The average Bonchev–Trinajstić information content (AvgIpc) is 2.29. The maximum Gasteiger partial charge on any atom is 0.187 e. The normalized spacial score (nSPS) is 10.2. The highest BCUT2D eigenvalue weighted by atomic mass is 79.9. The Hall–Kier alpha value is -1.55. The van der Waals surface area contributed by atoms with Crippen molar-refractivity contribution in [3.63, 3.8) is 0 Å². The van der Waals surface area contributed by atoms with Gasteiger partial charge < -0.3 is 0 Å². The summed E-state index contributed by atoms with van der Waals surface area (Å²) in [6, 6.07) is 7.69. The molecule has 0 saturated carbocycles. The molecule has 1 aromatic carbocycles. The molecule has 0 atom stereocenters. The topological polar surface area (TPSA) is 42.9 Å². The fourth-order valence-electron chi connectivity index (χ4n) is 1.46. The van der Waals surface area contributed by atoms with Gasteiger partial charge in [-0.15, -0.1) is 0 Å². The molecule has 0 aliphatic carbocycles. The van der Waals surface area contributed by atoms with Crippen LogP contribution in [0.3, 0.4) is 0 Å². The van der Waals surface area contributed by atoms with E-state index in [1.807, 2.05) is 31.2 Å². The van der Waals surface area contributed by atoms with Crippen molar-refractivity contribution in [2.24, 2.45) is 0 Å². The van der Waals surface area contributed by atoms with Crippen LogP contribution in [0.25, 0.3) is 0 Å². The molecule has 0 amide bonds. The van der Waals surface area contributed by atoms with E-state index >= 15 is 0 Å². The summed E-state index contributed by atoms with van der Waals surface area (Å²) in [5.41, 5.74) is 2.19. The number of aromatic nitrogens is 2. The Kier molecular flexibility index (Phi) is 3.64. The van der Waals surface area contributed by atoms with Gasteiger partial charge in [-0.05, 0) is 24.6 Å². The Bertz CT molecular complexity index is 537. The number of carbonyl (C=O) groups is 1. The van der Waals surface area contributed by atoms with Crippen LogP contribution in [-0.2, 0) is 6.42 Å². The molecule has 2 rings (SSSR count). The van der Waals surface area contributed by atoms with Crippen LogP contribution in [0.2, 0.25) is 0 Å². The van der Waals surface area contributed by atoms with E-state index in [0.717, 1.165) is 15.7 Å². The van der Waals surface area contributed by atoms with E-state index in [9.17, 15) is 4.79 Å². The standard InChI is InChI=1S/C13H11BrN2O/c1-9-7-16-12(8-15-9)13(17)6-10-3-2-4-11(14)5-10/h2-5,7-8H,6H2,1H3. The number of Topliss-reactive ketones (excluding diaryl/α,β-unsaturated/α-hetero) is 1. The van der Waals surface area contributed by atoms with E-state index in [-0.39, 0.29) is 5.78 Å². The van der Waals surface area contributed by atoms with Gasteiger partial charge >= 0.3 is 0 Å². The molecule has 1 heterocycles. The van der Waals surface area contributed by atoms with Crippen LogP contribution in [0.15, 0.2) is 41.1 Å². The second kappa shape index (κ2) is 5.19. The lowest BCUT2D eigenvalue weighted by Crippen LogP contribution is -2.06. The molecule has 17 heavy (non-hydrogen) atoms. The Morgan fingerprint density at radius 2 is 2.12 bits per heavy atom. The summed E-state index contributed by atoms with van der Waals surface area (Å²) in [5.74, 6) is -0.0180. The summed E-state index contributed by atoms with van der Waals surface area (Å²) in [6.07, 6.45) is 3.47. The van der Waals surface area contributed by atoms with E-state index in [2.05, 4.69) is 25.9 Å². The molecule has 3 nitrogen and oxygen atoms in total. The molecule has 0 bridgehead atoms. The highest BCUT2D eigenvalue weighted by molar-refractivity contribution is 9.10. The molecule has 0 saturated heterocycles. The third-order valence-electron chi connectivity index (χ3n) is 2.32. The number of benzene rings is 1. The van der Waals surface area contributed by atoms with Crippen LogP contribution >= 0.6 is 15.9 Å². The molecule has 0 fully saturated rings. The molecule has 86 valence electrons. The summed E-state index contributed by atoms with van der Waals surface area (Å²) in [7, 11) is 0. The molecule has 0 radical (unpaired) electrons. The average molecular weight is 291 g/mol. The van der Waals surface area contributed by atoms with E-state index in [4.69, 9.17) is 0 Å². The number of aryl methyl sites for hydroxylation is 1. The van der Waals surface area contributed by atoms with Gasteiger partial charge in [-0.2, -0.15) is 0 Å². The second-order valence-electron chi connectivity index (χ2n) is 3.77. The van der Waals surface area contributed by atoms with Crippen LogP contribution in [0.4, 0.5) is 0 Å². The molecular weight excluding hydrogens is 280 g/mol. The third kappa shape index (κ3) is 3.20. The Morgan fingerprint density at radius 1 is 1.29 bits per heavy atom. The third-order valence-corrected chi connectivity index (χ3v) is 2.81. The quantitative estimate of drug-likeness (QED) is 0.816. The number of hydrogen-bond donors (Lipinski definition) is 0. The summed E-state index contributed by atoms with van der Waals surface area (Å²) in [4.78, 5) is 20.1. The van der Waals surface area contributed by atoms with Gasteiger partial charge in [-0.1, -0.05) is 28.1 Å². The molecule has 0 spiro atoms. The molecule has 1 aromatic heterocycles. The van der Waals surface area contributed by atoms with E-state index in [1.54, 1.807) is 6.20 Å². The van der Waals surface area contributed by atoms with Crippen LogP contribution in [0.1, 0.15) is 21.7 Å². The zero-order chi connectivity index (χ0) is 12.3. The van der Waals surface area contributed by atoms with Crippen molar-refractivity contribution < 1.29 is 4.79 Å². The van der Waals surface area contributed by atoms with Gasteiger partial charge in [-0.25, -0.2) is 4.98 Å². The summed E-state index contributed by atoms with van der Waals surface area (Å²) < 4.78 is 0.970. The monoisotopic (exact) mass is 290 g/mol. The van der Waals surface area contributed by atoms with Crippen LogP contribution < -0.4 is 0 Å². The predicted octanol–water partition coefficient (Wildman–Crippen LogP) is 2.97. The zero-order valence-electron chi connectivity index (χ0n) is 9.35. The maximum absolute atomic E-state index is 11.9. The number of carbonyl (C=O) groups excluding carboxylic acids is 1. The lowest BCUT2D eigenvalue weighted by atomic mass is 10.1. The van der Waals surface area contributed by atoms with Gasteiger partial charge in [0, 0.05) is 17.1 Å². The van der Waals surface area contributed by atoms with Crippen LogP contribution in [-0.4, -0.2) is 15.8 Å². The SMILES string of the molecule is Cc1cnc(C(=O)Cc2cccc(Br)c2)cn1. The van der Waals surface area contributed by atoms with E-state index in [0.29, 0.717) is 12.1 Å². The Labute approximate surface area is 108 Å². The highest BCUT2D eigenvalue weighted by Crippen LogP contribution is 2.13. The van der Waals surface area contributed by atoms with Crippen molar-refractivity contribution in [3.05, 3.63) is 58.1 Å². The van der Waals surface area contributed by atoms with Gasteiger partial charge in [-0.3, -0.25) is 9.78 Å². The predicted molar refractivity (Wildman–Crippen MR) is 68.9 cm³/mol. The van der Waals surface area contributed by atoms with Crippen molar-refractivity contribution in [2.45, 2.75) is 13.3 Å². The van der Waals surface area contributed by atoms with Crippen LogP contribution in [0.5, 0.6) is 0 Å². The first-order valence-corrected chi connectivity index (χ1v) is 6.01. The number of ketones is 1. The molecule has 2 aromatic rings. The van der Waals surface area contributed by atoms with Gasteiger partial charge in [0.15, 0.2) is 5.78 Å². The van der Waals surface area contributed by atoms with Crippen molar-refractivity contribution in [1.29, 1.82) is 0 Å². The van der Waals surface area contributed by atoms with Gasteiger partial charge in [0.05, 0.1) is 11.9 Å². The number of halogens is 1. The highest BCUT2D eigenvalue weighted by Gasteiger charge is 2.08. The second-order valence-corrected chi connectivity index (χ2v) is 4.69. The van der Waals surface area contributed by atoms with Crippen molar-refractivity contribution >= 4 is 21.7 Å². The van der Waals surface area contributed by atoms with Gasteiger partial charge in [0.1, 0.15) is 5.69 Å². The van der Waals surface area contributed by atoms with Crippen molar-refractivity contribution in [2.75, 3.05) is 0 Å². The number of rotatable bonds is 3. The molecule has 0 aliphatic heterocycles. The smallest absolute Gasteiger partial charge is 0.187 e. The Morgan fingerprint density at radius 3 is 2.76 bits per heavy atom. The lowest BCUT2D eigenvalue weighted by molar-refractivity contribution is 0.0988. The minimum absolute atomic E-state index is 0.0180. The summed E-state index contributed by atoms with van der Waals surface area (Å²) >= 11 is 3.38. The first-order valence-electron chi connectivity index (χ1n) is 5.21. The Balaban J connectivity index is 2.14. The maximum atomic E-state index is 11.9. The lowest BCUT2D eigenvalue weighted by Gasteiger charge is -2.01. The van der Waals surface area contributed by atoms with Crippen molar-refractivity contribution in [3.8, 4) is 0 Å².